The summed E-state index contributed by atoms with van der Waals surface area (Å²) >= 11 is 0. The van der Waals surface area contributed by atoms with E-state index in [2.05, 4.69) is 19.9 Å². The third kappa shape index (κ3) is 1.22. The molecule has 0 spiro atoms. The number of rotatable bonds is 1. The van der Waals surface area contributed by atoms with Gasteiger partial charge in [0.25, 0.3) is 5.56 Å². The molecule has 74 valence electrons. The highest BCUT2D eigenvalue weighted by Gasteiger charge is 2.19. The van der Waals surface area contributed by atoms with E-state index >= 15 is 0 Å². The number of allylic oxidation sites excluding steroid dienone is 2. The van der Waals surface area contributed by atoms with Crippen LogP contribution in [0.15, 0.2) is 23.0 Å². The van der Waals surface area contributed by atoms with Crippen LogP contribution in [0.1, 0.15) is 25.1 Å². The van der Waals surface area contributed by atoms with Crippen LogP contribution in [0, 0.1) is 5.92 Å². The number of nitrogens with zero attached hydrogens (tertiary/aromatic N) is 1. The zero-order chi connectivity index (χ0) is 10.3. The van der Waals surface area contributed by atoms with Crippen LogP contribution in [0.5, 0.6) is 0 Å². The van der Waals surface area contributed by atoms with Gasteiger partial charge in [0.2, 0.25) is 0 Å². The molecule has 1 aliphatic rings. The summed E-state index contributed by atoms with van der Waals surface area (Å²) in [5, 5.41) is 0. The van der Waals surface area contributed by atoms with Gasteiger partial charge in [-0.15, -0.1) is 0 Å². The van der Waals surface area contributed by atoms with Crippen molar-refractivity contribution in [2.45, 2.75) is 20.3 Å². The van der Waals surface area contributed by atoms with Crippen LogP contribution >= 0.6 is 0 Å². The van der Waals surface area contributed by atoms with Crippen molar-refractivity contribution in [2.75, 3.05) is 0 Å². The molecule has 0 fully saturated rings. The second-order valence-corrected chi connectivity index (χ2v) is 4.12. The van der Waals surface area contributed by atoms with E-state index in [0.717, 1.165) is 12.1 Å². The van der Waals surface area contributed by atoms with Gasteiger partial charge >= 0.3 is 0 Å². The van der Waals surface area contributed by atoms with Gasteiger partial charge in [0.15, 0.2) is 0 Å². The highest BCUT2D eigenvalue weighted by molar-refractivity contribution is 5.71. The van der Waals surface area contributed by atoms with Crippen LogP contribution in [0.3, 0.4) is 0 Å². The highest BCUT2D eigenvalue weighted by Crippen LogP contribution is 2.30. The average molecular weight is 189 g/mol. The molecule has 1 aliphatic carbocycles. The maximum absolute atomic E-state index is 11.5. The van der Waals surface area contributed by atoms with E-state index in [9.17, 15) is 4.79 Å². The van der Waals surface area contributed by atoms with Crippen LogP contribution in [-0.2, 0) is 13.5 Å². The summed E-state index contributed by atoms with van der Waals surface area (Å²) in [6.07, 6.45) is 3.20. The van der Waals surface area contributed by atoms with E-state index in [0.29, 0.717) is 5.92 Å². The van der Waals surface area contributed by atoms with Crippen LogP contribution < -0.4 is 5.56 Å². The number of aromatic nitrogens is 1. The van der Waals surface area contributed by atoms with Crippen LogP contribution in [-0.4, -0.2) is 4.57 Å². The average Bonchev–Trinajstić information content (AvgIpc) is 2.55. The summed E-state index contributed by atoms with van der Waals surface area (Å²) in [4.78, 5) is 11.5. The van der Waals surface area contributed by atoms with Gasteiger partial charge in [0.05, 0.1) is 5.69 Å². The summed E-state index contributed by atoms with van der Waals surface area (Å²) in [5.41, 5.74) is 3.79. The van der Waals surface area contributed by atoms with Crippen molar-refractivity contribution in [3.8, 4) is 0 Å². The lowest BCUT2D eigenvalue weighted by Gasteiger charge is -2.13. The molecule has 1 aromatic heterocycles. The molecule has 1 heterocycles. The first-order valence-corrected chi connectivity index (χ1v) is 5.00. The molecule has 0 radical (unpaired) electrons. The zero-order valence-corrected chi connectivity index (χ0v) is 8.87. The minimum Gasteiger partial charge on any atom is -0.311 e. The smallest absolute Gasteiger partial charge is 0.250 e. The lowest BCUT2D eigenvalue weighted by molar-refractivity contribution is 0.792. The molecule has 0 aromatic carbocycles. The van der Waals surface area contributed by atoms with Crippen molar-refractivity contribution < 1.29 is 0 Å². The van der Waals surface area contributed by atoms with Crippen LogP contribution in [0.2, 0.25) is 0 Å². The lowest BCUT2D eigenvalue weighted by atomic mass is 10.0. The molecule has 2 heteroatoms. The van der Waals surface area contributed by atoms with E-state index < -0.39 is 0 Å². The van der Waals surface area contributed by atoms with Crippen molar-refractivity contribution in [2.24, 2.45) is 13.0 Å². The van der Waals surface area contributed by atoms with Gasteiger partial charge in [-0.3, -0.25) is 4.79 Å². The molecule has 0 unspecified atom stereocenters. The Labute approximate surface area is 83.9 Å². The Morgan fingerprint density at radius 2 is 2.07 bits per heavy atom. The summed E-state index contributed by atoms with van der Waals surface area (Å²) < 4.78 is 1.76. The topological polar surface area (TPSA) is 22.0 Å². The van der Waals surface area contributed by atoms with E-state index in [1.165, 1.54) is 11.1 Å². The fourth-order valence-corrected chi connectivity index (χ4v) is 2.06. The van der Waals surface area contributed by atoms with Gasteiger partial charge in [-0.25, -0.2) is 0 Å². The fourth-order valence-electron chi connectivity index (χ4n) is 2.06. The zero-order valence-electron chi connectivity index (χ0n) is 8.87. The van der Waals surface area contributed by atoms with Crippen LogP contribution in [0.4, 0.5) is 0 Å². The second-order valence-electron chi connectivity index (χ2n) is 4.12. The molecular weight excluding hydrogens is 174 g/mol. The second kappa shape index (κ2) is 3.12. The van der Waals surface area contributed by atoms with Gasteiger partial charge in [-0.05, 0) is 23.5 Å². The molecule has 0 saturated heterocycles. The largest absolute Gasteiger partial charge is 0.311 e. The number of hydrogen-bond donors (Lipinski definition) is 0. The molecule has 0 bridgehead atoms. The Balaban J connectivity index is 2.65. The first kappa shape index (κ1) is 9.25. The van der Waals surface area contributed by atoms with Gasteiger partial charge in [-0.2, -0.15) is 0 Å². The minimum atomic E-state index is 0.0807. The quantitative estimate of drug-likeness (QED) is 0.662. The van der Waals surface area contributed by atoms with E-state index in [1.807, 2.05) is 13.1 Å². The molecule has 0 atom stereocenters. The Morgan fingerprint density at radius 3 is 2.71 bits per heavy atom. The van der Waals surface area contributed by atoms with Crippen molar-refractivity contribution in [3.05, 3.63) is 39.8 Å². The van der Waals surface area contributed by atoms with Crippen molar-refractivity contribution in [3.63, 3.8) is 0 Å². The first-order valence-electron chi connectivity index (χ1n) is 5.00. The lowest BCUT2D eigenvalue weighted by Crippen LogP contribution is -2.19. The summed E-state index contributed by atoms with van der Waals surface area (Å²) in [6, 6.07) is 3.60. The normalized spacial score (nSPS) is 14.4. The van der Waals surface area contributed by atoms with Crippen molar-refractivity contribution in [1.82, 2.24) is 4.57 Å². The number of hydrogen-bond acceptors (Lipinski definition) is 1. The standard InChI is InChI=1S/C12H15NO/c1-8(2)10-6-4-9-5-7-11(14)13(3)12(9)10/h5-8H,4H2,1-3H3. The van der Waals surface area contributed by atoms with Crippen LogP contribution in [0.25, 0.3) is 5.57 Å². The molecule has 2 nitrogen and oxygen atoms in total. The number of pyridine rings is 1. The Kier molecular flexibility index (Phi) is 2.06. The Hall–Kier alpha value is -1.31. The monoisotopic (exact) mass is 189 g/mol. The molecule has 0 N–H and O–H groups in total. The molecule has 0 amide bonds. The Morgan fingerprint density at radius 1 is 1.36 bits per heavy atom. The summed E-state index contributed by atoms with van der Waals surface area (Å²) in [5.74, 6) is 0.490. The predicted octanol–water partition coefficient (Wildman–Crippen LogP) is 1.98. The summed E-state index contributed by atoms with van der Waals surface area (Å²) in [6.45, 7) is 4.33. The molecule has 2 rings (SSSR count). The molecule has 1 aromatic rings. The van der Waals surface area contributed by atoms with Gasteiger partial charge in [-0.1, -0.05) is 26.0 Å². The van der Waals surface area contributed by atoms with Crippen molar-refractivity contribution >= 4 is 5.57 Å². The molecular formula is C12H15NO. The molecule has 0 aliphatic heterocycles. The highest BCUT2D eigenvalue weighted by atomic mass is 16.1. The van der Waals surface area contributed by atoms with E-state index in [1.54, 1.807) is 10.6 Å². The SMILES string of the molecule is CC(C)C1=CCc2ccc(=O)n(C)c21. The summed E-state index contributed by atoms with van der Waals surface area (Å²) in [7, 11) is 1.85. The maximum atomic E-state index is 11.5. The van der Waals surface area contributed by atoms with Gasteiger partial charge in [0.1, 0.15) is 0 Å². The fraction of sp³-hybridized carbons (Fsp3) is 0.417. The molecule has 0 saturated carbocycles. The third-order valence-electron chi connectivity index (χ3n) is 2.83. The van der Waals surface area contributed by atoms with Crippen molar-refractivity contribution in [1.29, 1.82) is 0 Å². The minimum absolute atomic E-state index is 0.0807. The third-order valence-corrected chi connectivity index (χ3v) is 2.83. The van der Waals surface area contributed by atoms with Gasteiger partial charge < -0.3 is 4.57 Å². The number of fused-ring (bicyclic) bond motifs is 1. The first-order chi connectivity index (χ1) is 6.61. The molecule has 14 heavy (non-hydrogen) atoms. The maximum Gasteiger partial charge on any atom is 0.250 e. The van der Waals surface area contributed by atoms with E-state index in [4.69, 9.17) is 0 Å². The van der Waals surface area contributed by atoms with Gasteiger partial charge in [0, 0.05) is 13.1 Å². The predicted molar refractivity (Wildman–Crippen MR) is 58.2 cm³/mol. The van der Waals surface area contributed by atoms with E-state index in [-0.39, 0.29) is 5.56 Å². The Bertz CT molecular complexity index is 452.